The van der Waals surface area contributed by atoms with Gasteiger partial charge in [-0.05, 0) is 6.26 Å². The largest absolute Gasteiger partial charge is 0.451 e. The minimum atomic E-state index is -0.665. The van der Waals surface area contributed by atoms with Gasteiger partial charge >= 0.3 is 6.09 Å². The van der Waals surface area contributed by atoms with Crippen LogP contribution in [0.25, 0.3) is 0 Å². The third-order valence-corrected chi connectivity index (χ3v) is 1.09. The lowest BCUT2D eigenvalue weighted by Gasteiger charge is -1.91. The standard InChI is InChI=1S/C4H8N2O2S/c1-8-4(7)6-3(5)9-2/h1-2H3,(H2,5,6,7). The number of ether oxygens (including phenoxy) is 1. The summed E-state index contributed by atoms with van der Waals surface area (Å²) in [6.45, 7) is 0. The monoisotopic (exact) mass is 148 g/mol. The van der Waals surface area contributed by atoms with Gasteiger partial charge in [0.1, 0.15) is 0 Å². The normalized spacial score (nSPS) is 11.1. The molecule has 0 aliphatic heterocycles. The SMILES string of the molecule is COC(=O)/N=C(/N)SC. The maximum atomic E-state index is 10.3. The minimum Gasteiger partial charge on any atom is -0.451 e. The number of hydrogen-bond acceptors (Lipinski definition) is 3. The average molecular weight is 148 g/mol. The molecule has 0 fully saturated rings. The highest BCUT2D eigenvalue weighted by Gasteiger charge is 1.94. The van der Waals surface area contributed by atoms with Crippen molar-refractivity contribution in [2.75, 3.05) is 13.4 Å². The molecule has 1 amide bonds. The molecule has 0 radical (unpaired) electrons. The molecule has 0 bridgehead atoms. The highest BCUT2D eigenvalue weighted by atomic mass is 32.2. The molecule has 0 saturated carbocycles. The lowest BCUT2D eigenvalue weighted by atomic mass is 11.1. The van der Waals surface area contributed by atoms with Crippen molar-refractivity contribution in [3.8, 4) is 0 Å². The Morgan fingerprint density at radius 1 is 1.78 bits per heavy atom. The maximum Gasteiger partial charge on any atom is 0.435 e. The number of hydrogen-bond donors (Lipinski definition) is 1. The van der Waals surface area contributed by atoms with Gasteiger partial charge in [-0.3, -0.25) is 0 Å². The van der Waals surface area contributed by atoms with Crippen molar-refractivity contribution in [2.24, 2.45) is 10.7 Å². The molecule has 0 spiro atoms. The van der Waals surface area contributed by atoms with Crippen LogP contribution >= 0.6 is 11.8 Å². The summed E-state index contributed by atoms with van der Waals surface area (Å²) < 4.78 is 4.20. The zero-order valence-electron chi connectivity index (χ0n) is 5.25. The highest BCUT2D eigenvalue weighted by Crippen LogP contribution is 1.91. The first-order chi connectivity index (χ1) is 4.20. The molecule has 0 aliphatic rings. The van der Waals surface area contributed by atoms with Crippen LogP contribution in [0.5, 0.6) is 0 Å². The van der Waals surface area contributed by atoms with Crippen LogP contribution in [-0.2, 0) is 4.74 Å². The van der Waals surface area contributed by atoms with E-state index in [2.05, 4.69) is 9.73 Å². The van der Waals surface area contributed by atoms with E-state index in [0.717, 1.165) is 0 Å². The van der Waals surface area contributed by atoms with E-state index >= 15 is 0 Å². The third-order valence-electron chi connectivity index (χ3n) is 0.585. The van der Waals surface area contributed by atoms with Crippen molar-refractivity contribution in [1.29, 1.82) is 0 Å². The molecule has 0 aliphatic carbocycles. The van der Waals surface area contributed by atoms with Crippen LogP contribution in [0.3, 0.4) is 0 Å². The van der Waals surface area contributed by atoms with Gasteiger partial charge in [-0.2, -0.15) is 4.99 Å². The molecule has 0 aromatic carbocycles. The number of methoxy groups -OCH3 is 1. The number of thioether (sulfide) groups is 1. The molecule has 0 aromatic heterocycles. The molecule has 0 atom stereocenters. The van der Waals surface area contributed by atoms with Gasteiger partial charge < -0.3 is 10.5 Å². The Bertz CT molecular complexity index is 135. The van der Waals surface area contributed by atoms with E-state index in [1.807, 2.05) is 0 Å². The lowest BCUT2D eigenvalue weighted by molar-refractivity contribution is 0.182. The van der Waals surface area contributed by atoms with Gasteiger partial charge in [-0.25, -0.2) is 4.79 Å². The van der Waals surface area contributed by atoms with Gasteiger partial charge in [0, 0.05) is 0 Å². The number of carbonyl (C=O) groups excluding carboxylic acids is 1. The van der Waals surface area contributed by atoms with Gasteiger partial charge in [0.25, 0.3) is 0 Å². The van der Waals surface area contributed by atoms with Crippen molar-refractivity contribution in [2.45, 2.75) is 0 Å². The molecular formula is C4H8N2O2S. The smallest absolute Gasteiger partial charge is 0.435 e. The van der Waals surface area contributed by atoms with E-state index in [4.69, 9.17) is 5.73 Å². The van der Waals surface area contributed by atoms with Crippen LogP contribution in [0.15, 0.2) is 4.99 Å². The Labute approximate surface area is 57.5 Å². The molecule has 0 aromatic rings. The second kappa shape index (κ2) is 4.20. The molecule has 4 nitrogen and oxygen atoms in total. The number of aliphatic imine (C=N–C) groups is 1. The Morgan fingerprint density at radius 3 is 2.67 bits per heavy atom. The summed E-state index contributed by atoms with van der Waals surface area (Å²) in [6, 6.07) is 0. The molecule has 0 heterocycles. The van der Waals surface area contributed by atoms with Crippen LogP contribution < -0.4 is 5.73 Å². The summed E-state index contributed by atoms with van der Waals surface area (Å²) in [5, 5.41) is 0.210. The van der Waals surface area contributed by atoms with Crippen molar-refractivity contribution in [1.82, 2.24) is 0 Å². The van der Waals surface area contributed by atoms with E-state index in [-0.39, 0.29) is 5.17 Å². The minimum absolute atomic E-state index is 0.210. The molecule has 5 heteroatoms. The van der Waals surface area contributed by atoms with Crippen LogP contribution in [0.1, 0.15) is 0 Å². The third kappa shape index (κ3) is 3.84. The zero-order valence-corrected chi connectivity index (χ0v) is 6.07. The Kier molecular flexibility index (Phi) is 3.87. The number of carbonyl (C=O) groups is 1. The number of nitrogens with two attached hydrogens (primary N) is 1. The van der Waals surface area contributed by atoms with Gasteiger partial charge in [-0.1, -0.05) is 11.8 Å². The van der Waals surface area contributed by atoms with E-state index in [0.29, 0.717) is 0 Å². The first-order valence-corrected chi connectivity index (χ1v) is 3.39. The van der Waals surface area contributed by atoms with Crippen molar-refractivity contribution in [3.05, 3.63) is 0 Å². The highest BCUT2D eigenvalue weighted by molar-refractivity contribution is 8.13. The van der Waals surface area contributed by atoms with Crippen molar-refractivity contribution < 1.29 is 9.53 Å². The van der Waals surface area contributed by atoms with Gasteiger partial charge in [-0.15, -0.1) is 0 Å². The van der Waals surface area contributed by atoms with Crippen LogP contribution in [0, 0.1) is 0 Å². The molecule has 9 heavy (non-hydrogen) atoms. The molecule has 2 N–H and O–H groups in total. The first kappa shape index (κ1) is 8.29. The Morgan fingerprint density at radius 2 is 2.33 bits per heavy atom. The molecule has 0 unspecified atom stereocenters. The van der Waals surface area contributed by atoms with Crippen LogP contribution in [0.4, 0.5) is 4.79 Å². The zero-order chi connectivity index (χ0) is 7.28. The average Bonchev–Trinajstić information content (AvgIpc) is 1.87. The maximum absolute atomic E-state index is 10.3. The van der Waals surface area contributed by atoms with Crippen LogP contribution in [0.2, 0.25) is 0 Å². The topological polar surface area (TPSA) is 64.7 Å². The number of amides is 1. The Balaban J connectivity index is 3.79. The van der Waals surface area contributed by atoms with Crippen LogP contribution in [-0.4, -0.2) is 24.6 Å². The summed E-state index contributed by atoms with van der Waals surface area (Å²) in [5.41, 5.74) is 5.16. The van der Waals surface area contributed by atoms with Gasteiger partial charge in [0.15, 0.2) is 5.17 Å². The number of amidine groups is 1. The fourth-order valence-electron chi connectivity index (χ4n) is 0.181. The van der Waals surface area contributed by atoms with E-state index in [1.165, 1.54) is 18.9 Å². The van der Waals surface area contributed by atoms with E-state index in [9.17, 15) is 4.79 Å². The lowest BCUT2D eigenvalue weighted by Crippen LogP contribution is -2.08. The first-order valence-electron chi connectivity index (χ1n) is 2.16. The van der Waals surface area contributed by atoms with Crippen molar-refractivity contribution in [3.63, 3.8) is 0 Å². The van der Waals surface area contributed by atoms with Gasteiger partial charge in [0.2, 0.25) is 0 Å². The van der Waals surface area contributed by atoms with Crippen molar-refractivity contribution >= 4 is 23.0 Å². The summed E-state index contributed by atoms with van der Waals surface area (Å²) in [4.78, 5) is 13.6. The summed E-state index contributed by atoms with van der Waals surface area (Å²) in [7, 11) is 1.25. The number of nitrogens with zero attached hydrogens (tertiary/aromatic N) is 1. The summed E-state index contributed by atoms with van der Waals surface area (Å²) in [6.07, 6.45) is 1.06. The predicted octanol–water partition coefficient (Wildman–Crippen LogP) is 0.431. The Hall–Kier alpha value is -0.710. The molecule has 0 saturated heterocycles. The summed E-state index contributed by atoms with van der Waals surface area (Å²) >= 11 is 1.20. The molecular weight excluding hydrogens is 140 g/mol. The fraction of sp³-hybridized carbons (Fsp3) is 0.500. The molecule has 0 rings (SSSR count). The van der Waals surface area contributed by atoms with E-state index < -0.39 is 6.09 Å². The quantitative estimate of drug-likeness (QED) is 0.399. The number of rotatable bonds is 0. The molecule has 52 valence electrons. The predicted molar refractivity (Wildman–Crippen MR) is 37.5 cm³/mol. The van der Waals surface area contributed by atoms with Gasteiger partial charge in [0.05, 0.1) is 7.11 Å². The van der Waals surface area contributed by atoms with E-state index in [1.54, 1.807) is 6.26 Å². The summed E-state index contributed by atoms with van der Waals surface area (Å²) in [5.74, 6) is 0. The second-order valence-electron chi connectivity index (χ2n) is 1.12. The second-order valence-corrected chi connectivity index (χ2v) is 1.95. The fourth-order valence-corrected chi connectivity index (χ4v) is 0.347.